The third-order valence-electron chi connectivity index (χ3n) is 2.22. The topological polar surface area (TPSA) is 33.0 Å². The van der Waals surface area contributed by atoms with Gasteiger partial charge in [0.15, 0.2) is 11.6 Å². The smallest absolute Gasteiger partial charge is 0.181 e. The predicted octanol–water partition coefficient (Wildman–Crippen LogP) is 4.91. The molecule has 2 aromatic rings. The molecule has 0 aliphatic carbocycles. The van der Waals surface area contributed by atoms with E-state index in [1.54, 1.807) is 24.3 Å². The molecule has 90 valence electrons. The van der Waals surface area contributed by atoms with Crippen LogP contribution in [-0.2, 0) is 0 Å². The van der Waals surface area contributed by atoms with E-state index in [-0.39, 0.29) is 15.8 Å². The Balaban J connectivity index is 2.40. The van der Waals surface area contributed by atoms with Gasteiger partial charge in [0.1, 0.15) is 11.8 Å². The summed E-state index contributed by atoms with van der Waals surface area (Å²) in [7, 11) is 0. The van der Waals surface area contributed by atoms with Gasteiger partial charge in [-0.15, -0.1) is 0 Å². The number of hydrogen-bond acceptors (Lipinski definition) is 2. The number of ether oxygens (including phenoxy) is 1. The predicted molar refractivity (Wildman–Crippen MR) is 70.3 cm³/mol. The second-order valence-electron chi connectivity index (χ2n) is 3.38. The lowest BCUT2D eigenvalue weighted by Crippen LogP contribution is -1.92. The zero-order valence-corrected chi connectivity index (χ0v) is 11.3. The van der Waals surface area contributed by atoms with Crippen LogP contribution in [-0.4, -0.2) is 0 Å². The summed E-state index contributed by atoms with van der Waals surface area (Å²) in [6, 6.07) is 11.5. The molecule has 0 atom stereocenters. The molecule has 0 unspecified atom stereocenters. The first-order valence-electron chi connectivity index (χ1n) is 4.94. The van der Waals surface area contributed by atoms with E-state index in [2.05, 4.69) is 15.9 Å². The van der Waals surface area contributed by atoms with E-state index in [0.717, 1.165) is 0 Å². The van der Waals surface area contributed by atoms with Crippen molar-refractivity contribution in [2.24, 2.45) is 0 Å². The molecule has 0 amide bonds. The fourth-order valence-electron chi connectivity index (χ4n) is 1.34. The molecule has 2 rings (SSSR count). The molecule has 0 bridgehead atoms. The van der Waals surface area contributed by atoms with Gasteiger partial charge in [-0.2, -0.15) is 5.26 Å². The lowest BCUT2D eigenvalue weighted by Gasteiger charge is -2.09. The summed E-state index contributed by atoms with van der Waals surface area (Å²) in [5, 5.41) is 9.15. The van der Waals surface area contributed by atoms with E-state index in [0.29, 0.717) is 10.8 Å². The van der Waals surface area contributed by atoms with Gasteiger partial charge in [0.05, 0.1) is 15.1 Å². The Hall–Kier alpha value is -1.57. The maximum Gasteiger partial charge on any atom is 0.181 e. The first-order valence-corrected chi connectivity index (χ1v) is 6.11. The normalized spacial score (nSPS) is 9.89. The van der Waals surface area contributed by atoms with Crippen molar-refractivity contribution in [3.05, 3.63) is 57.3 Å². The van der Waals surface area contributed by atoms with Crippen molar-refractivity contribution in [2.45, 2.75) is 0 Å². The average molecular weight is 327 g/mol. The van der Waals surface area contributed by atoms with Gasteiger partial charge in [0.2, 0.25) is 0 Å². The summed E-state index contributed by atoms with van der Waals surface area (Å²) in [5.41, 5.74) is 0.207. The van der Waals surface area contributed by atoms with Crippen molar-refractivity contribution in [1.29, 1.82) is 5.26 Å². The third kappa shape index (κ3) is 2.47. The highest BCUT2D eigenvalue weighted by Gasteiger charge is 2.13. The van der Waals surface area contributed by atoms with Crippen molar-refractivity contribution in [3.63, 3.8) is 0 Å². The Bertz CT molecular complexity index is 639. The molecule has 0 radical (unpaired) electrons. The van der Waals surface area contributed by atoms with Gasteiger partial charge >= 0.3 is 0 Å². The zero-order chi connectivity index (χ0) is 13.1. The average Bonchev–Trinajstić information content (AvgIpc) is 2.38. The van der Waals surface area contributed by atoms with Crippen molar-refractivity contribution >= 4 is 27.5 Å². The van der Waals surface area contributed by atoms with E-state index in [1.165, 1.54) is 12.1 Å². The van der Waals surface area contributed by atoms with E-state index >= 15 is 0 Å². The minimum Gasteiger partial charge on any atom is -0.453 e. The first-order chi connectivity index (χ1) is 8.63. The van der Waals surface area contributed by atoms with Crippen LogP contribution in [0, 0.1) is 17.1 Å². The van der Waals surface area contributed by atoms with E-state index in [1.807, 2.05) is 6.07 Å². The highest BCUT2D eigenvalue weighted by atomic mass is 79.9. The summed E-state index contributed by atoms with van der Waals surface area (Å²) >= 11 is 8.93. The Morgan fingerprint density at radius 2 is 1.89 bits per heavy atom. The van der Waals surface area contributed by atoms with Crippen molar-refractivity contribution in [1.82, 2.24) is 0 Å². The zero-order valence-electron chi connectivity index (χ0n) is 8.95. The summed E-state index contributed by atoms with van der Waals surface area (Å²) in [6.07, 6.45) is 0. The molecule has 18 heavy (non-hydrogen) atoms. The fraction of sp³-hybridized carbons (Fsp3) is 0. The molecule has 2 nitrogen and oxygen atoms in total. The minimum absolute atomic E-state index is 0.00831. The summed E-state index contributed by atoms with van der Waals surface area (Å²) < 4.78 is 19.4. The van der Waals surface area contributed by atoms with E-state index in [4.69, 9.17) is 21.6 Å². The second kappa shape index (κ2) is 5.38. The number of para-hydroxylation sites is 1. The molecule has 0 heterocycles. The van der Waals surface area contributed by atoms with Crippen molar-refractivity contribution in [3.8, 4) is 17.6 Å². The van der Waals surface area contributed by atoms with E-state index < -0.39 is 5.82 Å². The molecular formula is C13H6BrClFNO. The second-order valence-corrected chi connectivity index (χ2v) is 4.58. The molecule has 0 aliphatic heterocycles. The highest BCUT2D eigenvalue weighted by molar-refractivity contribution is 9.10. The van der Waals surface area contributed by atoms with Gasteiger partial charge < -0.3 is 4.74 Å². The number of halogens is 3. The van der Waals surface area contributed by atoms with Gasteiger partial charge in [-0.25, -0.2) is 4.39 Å². The van der Waals surface area contributed by atoms with Gasteiger partial charge in [0, 0.05) is 0 Å². The Kier molecular flexibility index (Phi) is 3.85. The van der Waals surface area contributed by atoms with Crippen LogP contribution >= 0.6 is 27.5 Å². The maximum absolute atomic E-state index is 13.9. The molecule has 0 N–H and O–H groups in total. The summed E-state index contributed by atoms with van der Waals surface area (Å²) in [6.45, 7) is 0. The van der Waals surface area contributed by atoms with Gasteiger partial charge in [-0.3, -0.25) is 0 Å². The summed E-state index contributed by atoms with van der Waals surface area (Å²) in [5.74, 6) is -0.266. The number of nitrogens with zero attached hydrogens (tertiary/aromatic N) is 1. The monoisotopic (exact) mass is 325 g/mol. The molecule has 0 aliphatic rings. The lowest BCUT2D eigenvalue weighted by atomic mass is 10.2. The molecule has 0 saturated carbocycles. The molecule has 0 saturated heterocycles. The van der Waals surface area contributed by atoms with Crippen LogP contribution in [0.1, 0.15) is 5.56 Å². The van der Waals surface area contributed by atoms with Crippen LogP contribution in [0.15, 0.2) is 40.9 Å². The maximum atomic E-state index is 13.9. The Labute approximate surface area is 117 Å². The van der Waals surface area contributed by atoms with Crippen LogP contribution in [0.3, 0.4) is 0 Å². The SMILES string of the molecule is N#Cc1ccc(Oc2ccccc2Cl)c(F)c1Br. The van der Waals surface area contributed by atoms with Crippen LogP contribution in [0.5, 0.6) is 11.5 Å². The van der Waals surface area contributed by atoms with Crippen molar-refractivity contribution < 1.29 is 9.13 Å². The number of hydrogen-bond donors (Lipinski definition) is 0. The minimum atomic E-state index is -0.631. The summed E-state index contributed by atoms with van der Waals surface area (Å²) in [4.78, 5) is 0. The van der Waals surface area contributed by atoms with E-state index in [9.17, 15) is 4.39 Å². The Morgan fingerprint density at radius 1 is 1.17 bits per heavy atom. The van der Waals surface area contributed by atoms with Crippen LogP contribution < -0.4 is 4.74 Å². The van der Waals surface area contributed by atoms with Crippen LogP contribution in [0.25, 0.3) is 0 Å². The molecule has 0 fully saturated rings. The number of rotatable bonds is 2. The highest BCUT2D eigenvalue weighted by Crippen LogP contribution is 2.34. The van der Waals surface area contributed by atoms with Gasteiger partial charge in [0.25, 0.3) is 0 Å². The molecular weight excluding hydrogens is 321 g/mol. The quantitative estimate of drug-likeness (QED) is 0.786. The largest absolute Gasteiger partial charge is 0.453 e. The molecule has 5 heteroatoms. The first kappa shape index (κ1) is 12.9. The van der Waals surface area contributed by atoms with Crippen LogP contribution in [0.4, 0.5) is 4.39 Å². The van der Waals surface area contributed by atoms with Gasteiger partial charge in [-0.1, -0.05) is 23.7 Å². The van der Waals surface area contributed by atoms with Crippen LogP contribution in [0.2, 0.25) is 5.02 Å². The lowest BCUT2D eigenvalue weighted by molar-refractivity contribution is 0.440. The number of nitriles is 1. The molecule has 0 aromatic heterocycles. The number of benzene rings is 2. The van der Waals surface area contributed by atoms with Gasteiger partial charge in [-0.05, 0) is 40.2 Å². The van der Waals surface area contributed by atoms with Crippen molar-refractivity contribution in [2.75, 3.05) is 0 Å². The molecule has 0 spiro atoms. The standard InChI is InChI=1S/C13H6BrClFNO/c14-12-8(7-17)5-6-11(13(12)16)18-10-4-2-1-3-9(10)15/h1-6H. The molecule has 2 aromatic carbocycles. The Morgan fingerprint density at radius 3 is 2.56 bits per heavy atom. The third-order valence-corrected chi connectivity index (χ3v) is 3.31. The fourth-order valence-corrected chi connectivity index (χ4v) is 1.93.